The van der Waals surface area contributed by atoms with Crippen molar-refractivity contribution < 1.29 is 27.1 Å². The molecule has 1 aliphatic heterocycles. The van der Waals surface area contributed by atoms with Crippen molar-refractivity contribution >= 4 is 11.6 Å². The Bertz CT molecular complexity index is 829. The number of alkyl halides is 2. The largest absolute Gasteiger partial charge is 0.365 e. The molecule has 160 valence electrons. The molecule has 1 fully saturated rings. The summed E-state index contributed by atoms with van der Waals surface area (Å²) in [5.41, 5.74) is 1.01. The number of carbonyl (C=O) groups is 1. The Balaban J connectivity index is 0.000000234. The number of aryl methyl sites for hydroxylation is 1. The van der Waals surface area contributed by atoms with Crippen molar-refractivity contribution in [3.05, 3.63) is 47.3 Å². The van der Waals surface area contributed by atoms with E-state index < -0.39 is 24.3 Å². The first-order chi connectivity index (χ1) is 13.7. The van der Waals surface area contributed by atoms with Gasteiger partial charge < -0.3 is 15.4 Å². The smallest absolute Gasteiger partial charge is 0.333 e. The van der Waals surface area contributed by atoms with E-state index in [1.807, 2.05) is 6.92 Å². The topological polar surface area (TPSA) is 68.2 Å². The third kappa shape index (κ3) is 6.26. The van der Waals surface area contributed by atoms with Crippen molar-refractivity contribution in [1.29, 1.82) is 0 Å². The summed E-state index contributed by atoms with van der Waals surface area (Å²) < 4.78 is 56.0. The maximum atomic E-state index is 12.8. The molecule has 0 radical (unpaired) electrons. The molecular formula is C19H24F4N4O2. The molecule has 29 heavy (non-hydrogen) atoms. The zero-order chi connectivity index (χ0) is 21.6. The quantitative estimate of drug-likeness (QED) is 0.728. The molecule has 0 aliphatic carbocycles. The van der Waals surface area contributed by atoms with E-state index in [0.29, 0.717) is 34.6 Å². The van der Waals surface area contributed by atoms with Gasteiger partial charge in [-0.05, 0) is 39.8 Å². The molecule has 3 rings (SSSR count). The second-order valence-corrected chi connectivity index (χ2v) is 6.63. The van der Waals surface area contributed by atoms with Gasteiger partial charge in [0.15, 0.2) is 11.6 Å². The number of ether oxygens (including phenoxy) is 1. The van der Waals surface area contributed by atoms with Crippen LogP contribution in [-0.2, 0) is 16.1 Å². The number of hydrogen-bond donors (Lipinski definition) is 2. The monoisotopic (exact) mass is 416 g/mol. The van der Waals surface area contributed by atoms with Crippen molar-refractivity contribution in [2.75, 3.05) is 12.4 Å². The number of nitrogens with zero attached hydrogens (tertiary/aromatic N) is 2. The van der Waals surface area contributed by atoms with Gasteiger partial charge in [-0.2, -0.15) is 13.9 Å². The molecule has 2 heterocycles. The molecule has 0 saturated carbocycles. The Morgan fingerprint density at radius 1 is 1.34 bits per heavy atom. The fraction of sp³-hybridized carbons (Fsp3) is 0.474. The van der Waals surface area contributed by atoms with E-state index in [0.717, 1.165) is 18.7 Å². The number of anilines is 1. The van der Waals surface area contributed by atoms with Gasteiger partial charge in [-0.3, -0.25) is 4.79 Å². The number of carbonyl (C=O) groups excluding carboxylic acids is 1. The fourth-order valence-electron chi connectivity index (χ4n) is 2.79. The van der Waals surface area contributed by atoms with Gasteiger partial charge in [-0.1, -0.05) is 12.1 Å². The summed E-state index contributed by atoms with van der Waals surface area (Å²) in [5, 5.41) is 8.93. The van der Waals surface area contributed by atoms with Crippen LogP contribution in [0.5, 0.6) is 0 Å². The molecule has 1 saturated heterocycles. The summed E-state index contributed by atoms with van der Waals surface area (Å²) in [4.78, 5) is 11.8. The molecule has 1 aliphatic rings. The first-order valence-electron chi connectivity index (χ1n) is 9.10. The van der Waals surface area contributed by atoms with Gasteiger partial charge in [0.05, 0.1) is 23.7 Å². The second-order valence-electron chi connectivity index (χ2n) is 6.63. The number of rotatable bonds is 5. The summed E-state index contributed by atoms with van der Waals surface area (Å²) in [5.74, 6) is -1.86. The van der Waals surface area contributed by atoms with Gasteiger partial charge >= 0.3 is 6.55 Å². The molecule has 1 amide bonds. The first kappa shape index (κ1) is 22.8. The Labute approximate surface area is 166 Å². The van der Waals surface area contributed by atoms with Gasteiger partial charge in [-0.25, -0.2) is 13.5 Å². The standard InChI is InChI=1S/C11H15F2N3O2.C8H9F2N/c1-6-3-4-9(18-6)10(17)14-8-5-16(11(12)13)15-7(8)2;1-11-5-6-3-2-4-7(9)8(6)10/h5-6,9,11H,3-4H2,1-2H3,(H,14,17);2-4,11H,5H2,1H3. The van der Waals surface area contributed by atoms with Crippen LogP contribution in [-0.4, -0.2) is 34.9 Å². The van der Waals surface area contributed by atoms with Crippen LogP contribution in [0.1, 0.15) is 37.6 Å². The molecule has 2 atom stereocenters. The lowest BCUT2D eigenvalue weighted by atomic mass is 10.2. The maximum absolute atomic E-state index is 12.8. The van der Waals surface area contributed by atoms with E-state index >= 15 is 0 Å². The van der Waals surface area contributed by atoms with Gasteiger partial charge in [0.1, 0.15) is 6.10 Å². The number of hydrogen-bond acceptors (Lipinski definition) is 4. The van der Waals surface area contributed by atoms with Crippen molar-refractivity contribution in [1.82, 2.24) is 15.1 Å². The van der Waals surface area contributed by atoms with Crippen LogP contribution < -0.4 is 10.6 Å². The predicted molar refractivity (Wildman–Crippen MR) is 99.5 cm³/mol. The average molecular weight is 416 g/mol. The zero-order valence-electron chi connectivity index (χ0n) is 16.4. The molecular weight excluding hydrogens is 392 g/mol. The van der Waals surface area contributed by atoms with E-state index in [1.54, 1.807) is 20.0 Å². The highest BCUT2D eigenvalue weighted by Gasteiger charge is 2.28. The minimum Gasteiger partial charge on any atom is -0.365 e. The minimum atomic E-state index is -2.71. The summed E-state index contributed by atoms with van der Waals surface area (Å²) in [7, 11) is 1.68. The van der Waals surface area contributed by atoms with Crippen LogP contribution in [0.25, 0.3) is 0 Å². The van der Waals surface area contributed by atoms with E-state index in [1.165, 1.54) is 6.07 Å². The number of aromatic nitrogens is 2. The van der Waals surface area contributed by atoms with Crippen molar-refractivity contribution in [2.45, 2.75) is 52.0 Å². The first-order valence-corrected chi connectivity index (χ1v) is 9.10. The van der Waals surface area contributed by atoms with Crippen LogP contribution >= 0.6 is 0 Å². The predicted octanol–water partition coefficient (Wildman–Crippen LogP) is 3.78. The molecule has 2 unspecified atom stereocenters. The normalized spacial score (nSPS) is 18.5. The highest BCUT2D eigenvalue weighted by molar-refractivity contribution is 5.94. The highest BCUT2D eigenvalue weighted by Crippen LogP contribution is 2.22. The number of nitrogens with one attached hydrogen (secondary N) is 2. The minimum absolute atomic E-state index is 0.0608. The Kier molecular flexibility index (Phi) is 8.15. The average Bonchev–Trinajstić information content (AvgIpc) is 3.26. The van der Waals surface area contributed by atoms with Gasteiger partial charge in [0, 0.05) is 12.1 Å². The molecule has 1 aromatic carbocycles. The lowest BCUT2D eigenvalue weighted by Gasteiger charge is -2.10. The van der Waals surface area contributed by atoms with Crippen molar-refractivity contribution in [3.8, 4) is 0 Å². The van der Waals surface area contributed by atoms with Crippen LogP contribution in [0.3, 0.4) is 0 Å². The molecule has 10 heteroatoms. The summed E-state index contributed by atoms with van der Waals surface area (Å²) >= 11 is 0. The molecule has 0 bridgehead atoms. The third-order valence-electron chi connectivity index (χ3n) is 4.30. The van der Waals surface area contributed by atoms with Crippen LogP contribution in [0.4, 0.5) is 23.2 Å². The van der Waals surface area contributed by atoms with Gasteiger partial charge in [0.25, 0.3) is 5.91 Å². The number of benzene rings is 1. The SMILES string of the molecule is CNCc1cccc(F)c1F.Cc1nn(C(F)F)cc1NC(=O)C1CCC(C)O1. The lowest BCUT2D eigenvalue weighted by molar-refractivity contribution is -0.126. The third-order valence-corrected chi connectivity index (χ3v) is 4.30. The van der Waals surface area contributed by atoms with Gasteiger partial charge in [-0.15, -0.1) is 0 Å². The molecule has 0 spiro atoms. The maximum Gasteiger partial charge on any atom is 0.333 e. The number of halogens is 4. The van der Waals surface area contributed by atoms with E-state index in [-0.39, 0.29) is 12.0 Å². The van der Waals surface area contributed by atoms with Crippen molar-refractivity contribution in [2.24, 2.45) is 0 Å². The molecule has 2 N–H and O–H groups in total. The van der Waals surface area contributed by atoms with Crippen LogP contribution in [0.15, 0.2) is 24.4 Å². The van der Waals surface area contributed by atoms with E-state index in [2.05, 4.69) is 15.7 Å². The molecule has 2 aromatic rings. The van der Waals surface area contributed by atoms with E-state index in [9.17, 15) is 22.4 Å². The summed E-state index contributed by atoms with van der Waals surface area (Å²) in [6, 6.07) is 4.15. The molecule has 1 aromatic heterocycles. The Morgan fingerprint density at radius 3 is 2.62 bits per heavy atom. The van der Waals surface area contributed by atoms with E-state index in [4.69, 9.17) is 4.74 Å². The summed E-state index contributed by atoms with van der Waals surface area (Å²) in [6.45, 7) is 1.10. The van der Waals surface area contributed by atoms with Crippen LogP contribution in [0.2, 0.25) is 0 Å². The number of amides is 1. The van der Waals surface area contributed by atoms with Crippen molar-refractivity contribution in [3.63, 3.8) is 0 Å². The molecule has 6 nitrogen and oxygen atoms in total. The zero-order valence-corrected chi connectivity index (χ0v) is 16.4. The van der Waals surface area contributed by atoms with Crippen LogP contribution in [0, 0.1) is 18.6 Å². The Morgan fingerprint density at radius 2 is 2.07 bits per heavy atom. The highest BCUT2D eigenvalue weighted by atomic mass is 19.3. The lowest BCUT2D eigenvalue weighted by Crippen LogP contribution is -2.27. The van der Waals surface area contributed by atoms with Gasteiger partial charge in [0.2, 0.25) is 0 Å². The second kappa shape index (κ2) is 10.4. The fourth-order valence-corrected chi connectivity index (χ4v) is 2.79. The summed E-state index contributed by atoms with van der Waals surface area (Å²) in [6.07, 6.45) is 2.15. The Hall–Kier alpha value is -2.46.